The standard InChI is InChI=1S/C28H26N6O2/c1-18-15-33(17-29-18)25-12-9-20(14-27(25)36-3)23-16-34(31-30-23)26-13-10-22-21-7-5-4-6-19(21)8-11-24(22)32(2)28(26)35/h4-9,11-12,14-17,26H,10,13H2,1-3H3. The lowest BCUT2D eigenvalue weighted by Gasteiger charge is -2.21. The zero-order chi connectivity index (χ0) is 24.8. The van der Waals surface area contributed by atoms with Crippen LogP contribution in [0, 0.1) is 6.92 Å². The van der Waals surface area contributed by atoms with Gasteiger partial charge in [0.2, 0.25) is 0 Å². The van der Waals surface area contributed by atoms with Gasteiger partial charge in [-0.3, -0.25) is 4.79 Å². The van der Waals surface area contributed by atoms with Crippen LogP contribution in [0.15, 0.2) is 73.3 Å². The van der Waals surface area contributed by atoms with Crippen LogP contribution in [0.1, 0.15) is 23.7 Å². The van der Waals surface area contributed by atoms with E-state index in [0.29, 0.717) is 17.9 Å². The topological polar surface area (TPSA) is 78.1 Å². The molecule has 0 radical (unpaired) electrons. The smallest absolute Gasteiger partial charge is 0.251 e. The molecule has 6 rings (SSSR count). The van der Waals surface area contributed by atoms with E-state index in [4.69, 9.17) is 4.74 Å². The Bertz CT molecular complexity index is 1600. The third-order valence-electron chi connectivity index (χ3n) is 6.96. The third kappa shape index (κ3) is 3.62. The van der Waals surface area contributed by atoms with Crippen molar-refractivity contribution in [3.05, 3.63) is 84.6 Å². The summed E-state index contributed by atoms with van der Waals surface area (Å²) < 4.78 is 9.27. The lowest BCUT2D eigenvalue weighted by molar-refractivity contribution is -0.121. The molecule has 2 aromatic heterocycles. The van der Waals surface area contributed by atoms with Gasteiger partial charge < -0.3 is 14.2 Å². The summed E-state index contributed by atoms with van der Waals surface area (Å²) in [7, 11) is 3.48. The van der Waals surface area contributed by atoms with Gasteiger partial charge in [-0.15, -0.1) is 5.10 Å². The number of carbonyl (C=O) groups is 1. The molecule has 1 atom stereocenters. The first kappa shape index (κ1) is 22.0. The second-order valence-electron chi connectivity index (χ2n) is 9.13. The van der Waals surface area contributed by atoms with Gasteiger partial charge >= 0.3 is 0 Å². The minimum absolute atomic E-state index is 0.00360. The summed E-state index contributed by atoms with van der Waals surface area (Å²) in [5.41, 5.74) is 5.52. The Balaban J connectivity index is 1.32. The molecule has 3 heterocycles. The number of fused-ring (bicyclic) bond motifs is 3. The number of nitrogens with zero attached hydrogens (tertiary/aromatic N) is 6. The van der Waals surface area contributed by atoms with Crippen LogP contribution in [0.2, 0.25) is 0 Å². The summed E-state index contributed by atoms with van der Waals surface area (Å²) in [6.07, 6.45) is 6.98. The van der Waals surface area contributed by atoms with E-state index in [2.05, 4.69) is 33.5 Å². The first-order valence-electron chi connectivity index (χ1n) is 11.9. The average Bonchev–Trinajstić information content (AvgIpc) is 3.54. The van der Waals surface area contributed by atoms with Crippen LogP contribution in [0.5, 0.6) is 5.75 Å². The van der Waals surface area contributed by atoms with E-state index in [1.54, 1.807) is 23.0 Å². The van der Waals surface area contributed by atoms with Gasteiger partial charge in [-0.25, -0.2) is 9.67 Å². The van der Waals surface area contributed by atoms with Crippen molar-refractivity contribution >= 4 is 22.4 Å². The SMILES string of the molecule is COc1cc(-c2cn(C3CCc4c(ccc5ccccc45)N(C)C3=O)nn2)ccc1-n1cnc(C)c1. The number of rotatable bonds is 4. The number of aromatic nitrogens is 5. The summed E-state index contributed by atoms with van der Waals surface area (Å²) in [4.78, 5) is 19.6. The highest BCUT2D eigenvalue weighted by Crippen LogP contribution is 2.36. The van der Waals surface area contributed by atoms with Gasteiger partial charge in [0.15, 0.2) is 0 Å². The fraction of sp³-hybridized carbons (Fsp3) is 0.214. The van der Waals surface area contributed by atoms with E-state index in [1.807, 2.05) is 67.3 Å². The quantitative estimate of drug-likeness (QED) is 0.373. The van der Waals surface area contributed by atoms with E-state index in [1.165, 1.54) is 16.3 Å². The van der Waals surface area contributed by atoms with Gasteiger partial charge in [-0.1, -0.05) is 41.6 Å². The molecule has 0 saturated heterocycles. The minimum atomic E-state index is -0.433. The Morgan fingerprint density at radius 2 is 1.86 bits per heavy atom. The molecular weight excluding hydrogens is 452 g/mol. The van der Waals surface area contributed by atoms with Gasteiger partial charge in [0.05, 0.1) is 31.0 Å². The second-order valence-corrected chi connectivity index (χ2v) is 9.13. The Labute approximate surface area is 208 Å². The van der Waals surface area contributed by atoms with Crippen molar-refractivity contribution in [1.29, 1.82) is 0 Å². The number of carbonyl (C=O) groups excluding carboxylic acids is 1. The molecule has 8 heteroatoms. The monoisotopic (exact) mass is 478 g/mol. The number of imidazole rings is 1. The van der Waals surface area contributed by atoms with Crippen molar-refractivity contribution in [2.45, 2.75) is 25.8 Å². The molecule has 0 bridgehead atoms. The number of likely N-dealkylation sites (N-methyl/N-ethyl adjacent to an activating group) is 1. The molecule has 1 aliphatic heterocycles. The molecule has 0 spiro atoms. The highest BCUT2D eigenvalue weighted by molar-refractivity contribution is 6.01. The van der Waals surface area contributed by atoms with Crippen molar-refractivity contribution < 1.29 is 9.53 Å². The normalized spacial score (nSPS) is 15.7. The van der Waals surface area contributed by atoms with E-state index < -0.39 is 6.04 Å². The van der Waals surface area contributed by atoms with E-state index in [0.717, 1.165) is 29.1 Å². The summed E-state index contributed by atoms with van der Waals surface area (Å²) in [5, 5.41) is 11.1. The highest BCUT2D eigenvalue weighted by atomic mass is 16.5. The molecule has 1 aliphatic rings. The van der Waals surface area contributed by atoms with Gasteiger partial charge in [0, 0.05) is 24.5 Å². The number of anilines is 1. The Morgan fingerprint density at radius 3 is 2.67 bits per heavy atom. The van der Waals surface area contributed by atoms with Crippen LogP contribution in [0.3, 0.4) is 0 Å². The number of ether oxygens (including phenoxy) is 1. The van der Waals surface area contributed by atoms with Gasteiger partial charge in [-0.05, 0) is 54.3 Å². The number of aryl methyl sites for hydroxylation is 2. The Kier molecular flexibility index (Phi) is 5.29. The van der Waals surface area contributed by atoms with Crippen LogP contribution < -0.4 is 9.64 Å². The fourth-order valence-corrected chi connectivity index (χ4v) is 5.06. The van der Waals surface area contributed by atoms with Gasteiger partial charge in [0.25, 0.3) is 5.91 Å². The maximum atomic E-state index is 13.5. The van der Waals surface area contributed by atoms with Crippen molar-refractivity contribution in [2.75, 3.05) is 19.1 Å². The number of amides is 1. The average molecular weight is 479 g/mol. The third-order valence-corrected chi connectivity index (χ3v) is 6.96. The molecule has 180 valence electrons. The van der Waals surface area contributed by atoms with Crippen LogP contribution in [-0.4, -0.2) is 44.6 Å². The summed E-state index contributed by atoms with van der Waals surface area (Å²) in [5.74, 6) is 0.705. The lowest BCUT2D eigenvalue weighted by Crippen LogP contribution is -2.33. The predicted octanol–water partition coefficient (Wildman–Crippen LogP) is 4.75. The zero-order valence-electron chi connectivity index (χ0n) is 20.4. The van der Waals surface area contributed by atoms with E-state index in [9.17, 15) is 4.79 Å². The molecular formula is C28H26N6O2. The molecule has 36 heavy (non-hydrogen) atoms. The number of hydrogen-bond donors (Lipinski definition) is 0. The number of methoxy groups -OCH3 is 1. The molecule has 0 aliphatic carbocycles. The van der Waals surface area contributed by atoms with Crippen LogP contribution in [-0.2, 0) is 11.2 Å². The summed E-state index contributed by atoms with van der Waals surface area (Å²) in [6.45, 7) is 1.95. The molecule has 8 nitrogen and oxygen atoms in total. The highest BCUT2D eigenvalue weighted by Gasteiger charge is 2.31. The number of benzene rings is 3. The Hall–Kier alpha value is -4.46. The maximum absolute atomic E-state index is 13.5. The first-order chi connectivity index (χ1) is 17.5. The van der Waals surface area contributed by atoms with Crippen LogP contribution in [0.4, 0.5) is 5.69 Å². The van der Waals surface area contributed by atoms with Gasteiger partial charge in [-0.2, -0.15) is 0 Å². The molecule has 0 fully saturated rings. The zero-order valence-corrected chi connectivity index (χ0v) is 20.4. The van der Waals surface area contributed by atoms with E-state index in [-0.39, 0.29) is 5.91 Å². The van der Waals surface area contributed by atoms with Crippen LogP contribution >= 0.6 is 0 Å². The van der Waals surface area contributed by atoms with Crippen molar-refractivity contribution in [1.82, 2.24) is 24.5 Å². The van der Waals surface area contributed by atoms with Crippen LogP contribution in [0.25, 0.3) is 27.7 Å². The first-order valence-corrected chi connectivity index (χ1v) is 11.9. The fourth-order valence-electron chi connectivity index (χ4n) is 5.06. The van der Waals surface area contributed by atoms with Crippen molar-refractivity contribution in [3.63, 3.8) is 0 Å². The Morgan fingerprint density at radius 1 is 1.03 bits per heavy atom. The largest absolute Gasteiger partial charge is 0.495 e. The second kappa shape index (κ2) is 8.64. The summed E-state index contributed by atoms with van der Waals surface area (Å²) in [6, 6.07) is 17.9. The van der Waals surface area contributed by atoms with Crippen molar-refractivity contribution in [3.8, 4) is 22.7 Å². The molecule has 0 saturated carbocycles. The molecule has 0 N–H and O–H groups in total. The lowest BCUT2D eigenvalue weighted by atomic mass is 9.98. The van der Waals surface area contributed by atoms with E-state index >= 15 is 0 Å². The molecule has 1 unspecified atom stereocenters. The molecule has 5 aromatic rings. The number of hydrogen-bond acceptors (Lipinski definition) is 5. The van der Waals surface area contributed by atoms with Crippen molar-refractivity contribution in [2.24, 2.45) is 0 Å². The predicted molar refractivity (Wildman–Crippen MR) is 139 cm³/mol. The molecule has 1 amide bonds. The minimum Gasteiger partial charge on any atom is -0.495 e. The maximum Gasteiger partial charge on any atom is 0.251 e. The van der Waals surface area contributed by atoms with Gasteiger partial charge in [0.1, 0.15) is 17.5 Å². The molecule has 3 aromatic carbocycles. The summed E-state index contributed by atoms with van der Waals surface area (Å²) >= 11 is 0.